The lowest BCUT2D eigenvalue weighted by Gasteiger charge is -1.98. The van der Waals surface area contributed by atoms with Gasteiger partial charge in [0.15, 0.2) is 0 Å². The first-order chi connectivity index (χ1) is 6.20. The second-order valence-electron chi connectivity index (χ2n) is 2.51. The van der Waals surface area contributed by atoms with Gasteiger partial charge < -0.3 is 4.98 Å². The Morgan fingerprint density at radius 3 is 3.00 bits per heavy atom. The number of rotatable bonds is 0. The van der Waals surface area contributed by atoms with Crippen molar-refractivity contribution in [3.05, 3.63) is 37.4 Å². The Bertz CT molecular complexity index is 523. The maximum atomic E-state index is 11.5. The molecule has 0 saturated heterocycles. The third-order valence-corrected chi connectivity index (χ3v) is 2.80. The minimum atomic E-state index is -0.179. The van der Waals surface area contributed by atoms with Gasteiger partial charge in [-0.25, -0.2) is 0 Å². The Kier molecular flexibility index (Phi) is 2.25. The molecule has 0 saturated carbocycles. The average Bonchev–Trinajstić information content (AvgIpc) is 2.12. The summed E-state index contributed by atoms with van der Waals surface area (Å²) in [5.41, 5.74) is 0.603. The van der Waals surface area contributed by atoms with Gasteiger partial charge in [0.1, 0.15) is 5.02 Å². The van der Waals surface area contributed by atoms with E-state index in [1.807, 2.05) is 0 Å². The van der Waals surface area contributed by atoms with Gasteiger partial charge in [-0.3, -0.25) is 9.78 Å². The first-order valence-electron chi connectivity index (χ1n) is 3.50. The summed E-state index contributed by atoms with van der Waals surface area (Å²) in [5, 5.41) is 0.718. The summed E-state index contributed by atoms with van der Waals surface area (Å²) in [6, 6.07) is 0. The molecular weight excluding hydrogens is 302 g/mol. The highest BCUT2D eigenvalue weighted by Crippen LogP contribution is 2.15. The molecule has 0 aliphatic heterocycles. The van der Waals surface area contributed by atoms with Crippen molar-refractivity contribution in [2.45, 2.75) is 0 Å². The van der Waals surface area contributed by atoms with E-state index in [0.717, 1.165) is 9.09 Å². The standard InChI is InChI=1S/C8H4ClIN2O/c9-5-2-12-7-4(8(5)13)1-11-3-6(7)10/h1-3H,(H,12,13). The molecule has 0 atom stereocenters. The monoisotopic (exact) mass is 306 g/mol. The van der Waals surface area contributed by atoms with Crippen LogP contribution in [0.15, 0.2) is 23.4 Å². The Balaban J connectivity index is 3.03. The topological polar surface area (TPSA) is 45.8 Å². The van der Waals surface area contributed by atoms with Crippen molar-refractivity contribution in [2.75, 3.05) is 0 Å². The summed E-state index contributed by atoms with van der Waals surface area (Å²) < 4.78 is 0.906. The Morgan fingerprint density at radius 1 is 1.46 bits per heavy atom. The van der Waals surface area contributed by atoms with Crippen molar-refractivity contribution in [2.24, 2.45) is 0 Å². The van der Waals surface area contributed by atoms with Gasteiger partial charge in [-0.1, -0.05) is 11.6 Å². The number of nitrogens with one attached hydrogen (secondary N) is 1. The molecule has 0 fully saturated rings. The number of aromatic amines is 1. The van der Waals surface area contributed by atoms with Crippen LogP contribution in [0.25, 0.3) is 10.9 Å². The molecule has 0 spiro atoms. The molecule has 3 nitrogen and oxygen atoms in total. The quantitative estimate of drug-likeness (QED) is 0.758. The molecule has 0 unspecified atom stereocenters. The van der Waals surface area contributed by atoms with Crippen molar-refractivity contribution in [3.63, 3.8) is 0 Å². The van der Waals surface area contributed by atoms with Crippen LogP contribution >= 0.6 is 34.2 Å². The van der Waals surface area contributed by atoms with Gasteiger partial charge in [0, 0.05) is 18.6 Å². The molecule has 2 aromatic rings. The number of nitrogens with zero attached hydrogens (tertiary/aromatic N) is 1. The minimum Gasteiger partial charge on any atom is -0.359 e. The van der Waals surface area contributed by atoms with Crippen LogP contribution in [0.1, 0.15) is 0 Å². The van der Waals surface area contributed by atoms with Crippen LogP contribution in [-0.4, -0.2) is 9.97 Å². The van der Waals surface area contributed by atoms with Crippen LogP contribution in [0.5, 0.6) is 0 Å². The average molecular weight is 306 g/mol. The Labute approximate surface area is 92.3 Å². The molecule has 0 bridgehead atoms. The lowest BCUT2D eigenvalue weighted by Crippen LogP contribution is -2.04. The molecule has 0 radical (unpaired) electrons. The maximum absolute atomic E-state index is 11.5. The fraction of sp³-hybridized carbons (Fsp3) is 0. The van der Waals surface area contributed by atoms with Crippen molar-refractivity contribution in [1.29, 1.82) is 0 Å². The number of halogens is 2. The molecule has 0 amide bonds. The highest BCUT2D eigenvalue weighted by Gasteiger charge is 2.04. The van der Waals surface area contributed by atoms with Crippen molar-refractivity contribution in [3.8, 4) is 0 Å². The number of H-pyrrole nitrogens is 1. The summed E-state index contributed by atoms with van der Waals surface area (Å²) in [6.45, 7) is 0. The minimum absolute atomic E-state index is 0.179. The van der Waals surface area contributed by atoms with Gasteiger partial charge in [0.25, 0.3) is 0 Å². The Hall–Kier alpha value is -0.620. The van der Waals surface area contributed by atoms with E-state index < -0.39 is 0 Å². The third kappa shape index (κ3) is 1.44. The van der Waals surface area contributed by atoms with E-state index in [4.69, 9.17) is 11.6 Å². The van der Waals surface area contributed by atoms with E-state index in [9.17, 15) is 4.79 Å². The third-order valence-electron chi connectivity index (χ3n) is 1.70. The van der Waals surface area contributed by atoms with Crippen LogP contribution in [0.3, 0.4) is 0 Å². The van der Waals surface area contributed by atoms with Crippen LogP contribution in [-0.2, 0) is 0 Å². The molecule has 13 heavy (non-hydrogen) atoms. The van der Waals surface area contributed by atoms with Gasteiger partial charge in [0.2, 0.25) is 5.43 Å². The van der Waals surface area contributed by atoms with Crippen LogP contribution in [0.2, 0.25) is 5.02 Å². The second-order valence-corrected chi connectivity index (χ2v) is 4.08. The first-order valence-corrected chi connectivity index (χ1v) is 4.96. The highest BCUT2D eigenvalue weighted by molar-refractivity contribution is 14.1. The van der Waals surface area contributed by atoms with Gasteiger partial charge in [-0.2, -0.15) is 0 Å². The molecule has 2 aromatic heterocycles. The second kappa shape index (κ2) is 3.26. The van der Waals surface area contributed by atoms with E-state index >= 15 is 0 Å². The Morgan fingerprint density at radius 2 is 2.23 bits per heavy atom. The normalized spacial score (nSPS) is 10.6. The lowest BCUT2D eigenvalue weighted by molar-refractivity contribution is 1.29. The summed E-state index contributed by atoms with van der Waals surface area (Å²) in [5.74, 6) is 0. The first kappa shape index (κ1) is 8.96. The van der Waals surface area contributed by atoms with Crippen molar-refractivity contribution < 1.29 is 0 Å². The van der Waals surface area contributed by atoms with Crippen LogP contribution in [0, 0.1) is 3.57 Å². The summed E-state index contributed by atoms with van der Waals surface area (Å²) >= 11 is 7.78. The fourth-order valence-electron chi connectivity index (χ4n) is 1.08. The van der Waals surface area contributed by atoms with Gasteiger partial charge in [-0.05, 0) is 22.6 Å². The summed E-state index contributed by atoms with van der Waals surface area (Å²) in [7, 11) is 0. The zero-order valence-electron chi connectivity index (χ0n) is 6.34. The molecule has 0 aliphatic rings. The fourth-order valence-corrected chi connectivity index (χ4v) is 1.85. The highest BCUT2D eigenvalue weighted by atomic mass is 127. The molecular formula is C8H4ClIN2O. The van der Waals surface area contributed by atoms with E-state index in [0.29, 0.717) is 5.39 Å². The summed E-state index contributed by atoms with van der Waals surface area (Å²) in [4.78, 5) is 18.4. The van der Waals surface area contributed by atoms with E-state index in [1.165, 1.54) is 12.4 Å². The molecule has 2 rings (SSSR count). The molecule has 66 valence electrons. The number of aromatic nitrogens is 2. The number of hydrogen-bond donors (Lipinski definition) is 1. The van der Waals surface area contributed by atoms with E-state index in [1.54, 1.807) is 6.20 Å². The van der Waals surface area contributed by atoms with Crippen molar-refractivity contribution >= 4 is 45.1 Å². The molecule has 1 N–H and O–H groups in total. The number of pyridine rings is 2. The van der Waals surface area contributed by atoms with E-state index in [-0.39, 0.29) is 10.5 Å². The predicted octanol–water partition coefficient (Wildman–Crippen LogP) is 2.18. The molecule has 5 heteroatoms. The largest absolute Gasteiger partial charge is 0.359 e. The lowest BCUT2D eigenvalue weighted by atomic mass is 10.3. The van der Waals surface area contributed by atoms with Crippen LogP contribution in [0.4, 0.5) is 0 Å². The molecule has 2 heterocycles. The zero-order chi connectivity index (χ0) is 9.42. The van der Waals surface area contributed by atoms with Crippen molar-refractivity contribution in [1.82, 2.24) is 9.97 Å². The summed E-state index contributed by atoms with van der Waals surface area (Å²) in [6.07, 6.45) is 4.70. The smallest absolute Gasteiger partial charge is 0.209 e. The van der Waals surface area contributed by atoms with E-state index in [2.05, 4.69) is 32.6 Å². The van der Waals surface area contributed by atoms with Crippen LogP contribution < -0.4 is 5.43 Å². The van der Waals surface area contributed by atoms with Gasteiger partial charge >= 0.3 is 0 Å². The maximum Gasteiger partial charge on any atom is 0.209 e. The van der Waals surface area contributed by atoms with Gasteiger partial charge in [-0.15, -0.1) is 0 Å². The molecule has 0 aromatic carbocycles. The SMILES string of the molecule is O=c1c(Cl)c[nH]c2c(I)cncc12. The number of fused-ring (bicyclic) bond motifs is 1. The predicted molar refractivity (Wildman–Crippen MR) is 60.1 cm³/mol. The van der Waals surface area contributed by atoms with Gasteiger partial charge in [0.05, 0.1) is 14.5 Å². The number of hydrogen-bond acceptors (Lipinski definition) is 2. The zero-order valence-corrected chi connectivity index (χ0v) is 9.26. The molecule has 0 aliphatic carbocycles.